The molecule has 0 saturated heterocycles. The van der Waals surface area contributed by atoms with Crippen LogP contribution in [0.1, 0.15) is 19.3 Å². The molecule has 1 aromatic carbocycles. The SMILES string of the molecule is O=[C]CCCCOc1ccc(Cl)cc1. The van der Waals surface area contributed by atoms with E-state index in [1.807, 2.05) is 18.4 Å². The van der Waals surface area contributed by atoms with Crippen molar-refractivity contribution in [3.8, 4) is 5.75 Å². The Kier molecular flexibility index (Phi) is 5.08. The molecule has 14 heavy (non-hydrogen) atoms. The topological polar surface area (TPSA) is 26.3 Å². The van der Waals surface area contributed by atoms with Gasteiger partial charge >= 0.3 is 0 Å². The van der Waals surface area contributed by atoms with Crippen molar-refractivity contribution in [2.24, 2.45) is 0 Å². The Balaban J connectivity index is 2.18. The lowest BCUT2D eigenvalue weighted by molar-refractivity contribution is 0.307. The summed E-state index contributed by atoms with van der Waals surface area (Å²) < 4.78 is 5.42. The van der Waals surface area contributed by atoms with Crippen molar-refractivity contribution >= 4 is 17.9 Å². The molecule has 0 aliphatic carbocycles. The van der Waals surface area contributed by atoms with E-state index in [-0.39, 0.29) is 0 Å². The molecule has 0 saturated carbocycles. The van der Waals surface area contributed by atoms with Gasteiger partial charge < -0.3 is 4.74 Å². The molecular formula is C11H12ClO2. The average Bonchev–Trinajstić information content (AvgIpc) is 2.21. The molecule has 0 spiro atoms. The quantitative estimate of drug-likeness (QED) is 0.677. The number of hydrogen-bond donors (Lipinski definition) is 0. The molecule has 0 fully saturated rings. The number of halogens is 1. The normalized spacial score (nSPS) is 9.79. The molecule has 0 N–H and O–H groups in total. The smallest absolute Gasteiger partial charge is 0.198 e. The first-order valence-electron chi connectivity index (χ1n) is 4.56. The summed E-state index contributed by atoms with van der Waals surface area (Å²) in [5.74, 6) is 0.810. The Hall–Kier alpha value is -1.02. The largest absolute Gasteiger partial charge is 0.494 e. The Morgan fingerprint density at radius 3 is 2.57 bits per heavy atom. The molecule has 0 bridgehead atoms. The maximum absolute atomic E-state index is 9.89. The fourth-order valence-electron chi connectivity index (χ4n) is 1.02. The molecule has 1 aromatic rings. The molecule has 0 amide bonds. The maximum atomic E-state index is 9.89. The minimum Gasteiger partial charge on any atom is -0.494 e. The van der Waals surface area contributed by atoms with Crippen LogP contribution in [0.2, 0.25) is 5.02 Å². The van der Waals surface area contributed by atoms with Gasteiger partial charge in [-0.3, -0.25) is 4.79 Å². The van der Waals surface area contributed by atoms with Crippen molar-refractivity contribution in [3.63, 3.8) is 0 Å². The molecule has 0 aromatic heterocycles. The van der Waals surface area contributed by atoms with Crippen LogP contribution >= 0.6 is 11.6 Å². The Labute approximate surface area is 88.8 Å². The summed E-state index contributed by atoms with van der Waals surface area (Å²) >= 11 is 5.72. The van der Waals surface area contributed by atoms with Crippen molar-refractivity contribution in [2.45, 2.75) is 19.3 Å². The van der Waals surface area contributed by atoms with E-state index in [0.29, 0.717) is 18.1 Å². The fraction of sp³-hybridized carbons (Fsp3) is 0.364. The second kappa shape index (κ2) is 6.44. The zero-order chi connectivity index (χ0) is 10.2. The number of benzene rings is 1. The lowest BCUT2D eigenvalue weighted by Crippen LogP contribution is -1.96. The number of ether oxygens (including phenoxy) is 1. The van der Waals surface area contributed by atoms with Crippen LogP contribution < -0.4 is 4.74 Å². The predicted octanol–water partition coefficient (Wildman–Crippen LogP) is 3.00. The summed E-state index contributed by atoms with van der Waals surface area (Å²) in [6, 6.07) is 7.23. The van der Waals surface area contributed by atoms with Gasteiger partial charge in [-0.2, -0.15) is 0 Å². The van der Waals surface area contributed by atoms with Gasteiger partial charge in [-0.1, -0.05) is 11.6 Å². The number of hydrogen-bond acceptors (Lipinski definition) is 2. The second-order valence-corrected chi connectivity index (χ2v) is 3.34. The van der Waals surface area contributed by atoms with Crippen LogP contribution in [0.3, 0.4) is 0 Å². The van der Waals surface area contributed by atoms with Crippen LogP contribution in [0.4, 0.5) is 0 Å². The average molecular weight is 212 g/mol. The molecule has 2 nitrogen and oxygen atoms in total. The van der Waals surface area contributed by atoms with Crippen molar-refractivity contribution < 1.29 is 9.53 Å². The molecule has 0 atom stereocenters. The van der Waals surface area contributed by atoms with E-state index >= 15 is 0 Å². The van der Waals surface area contributed by atoms with Gasteiger partial charge in [-0.05, 0) is 37.1 Å². The lowest BCUT2D eigenvalue weighted by atomic mass is 10.2. The third-order valence-electron chi connectivity index (χ3n) is 1.76. The molecular weight excluding hydrogens is 200 g/mol. The Morgan fingerprint density at radius 1 is 1.21 bits per heavy atom. The van der Waals surface area contributed by atoms with E-state index in [1.165, 1.54) is 0 Å². The van der Waals surface area contributed by atoms with Crippen LogP contribution in [0, 0.1) is 0 Å². The molecule has 0 heterocycles. The minimum atomic E-state index is 0.490. The molecule has 3 heteroatoms. The van der Waals surface area contributed by atoms with Gasteiger partial charge in [-0.15, -0.1) is 0 Å². The maximum Gasteiger partial charge on any atom is 0.198 e. The first-order chi connectivity index (χ1) is 6.83. The highest BCUT2D eigenvalue weighted by molar-refractivity contribution is 6.30. The van der Waals surface area contributed by atoms with Crippen molar-refractivity contribution in [2.75, 3.05) is 6.61 Å². The number of unbranched alkanes of at least 4 members (excludes halogenated alkanes) is 2. The van der Waals surface area contributed by atoms with Gasteiger partial charge in [0.1, 0.15) is 5.75 Å². The molecule has 0 unspecified atom stereocenters. The van der Waals surface area contributed by atoms with Gasteiger partial charge in [0.2, 0.25) is 0 Å². The summed E-state index contributed by atoms with van der Waals surface area (Å²) in [5, 5.41) is 0.702. The van der Waals surface area contributed by atoms with Crippen molar-refractivity contribution in [3.05, 3.63) is 29.3 Å². The van der Waals surface area contributed by atoms with E-state index < -0.39 is 0 Å². The standard InChI is InChI=1S/C11H12ClO2/c12-10-4-6-11(7-5-10)14-9-3-1-2-8-13/h4-7H,1-3,9H2. The van der Waals surface area contributed by atoms with E-state index in [1.54, 1.807) is 12.1 Å². The predicted molar refractivity (Wildman–Crippen MR) is 56.5 cm³/mol. The molecule has 1 rings (SSSR count). The highest BCUT2D eigenvalue weighted by Gasteiger charge is 1.93. The summed E-state index contributed by atoms with van der Waals surface area (Å²) in [7, 11) is 0. The number of rotatable bonds is 6. The van der Waals surface area contributed by atoms with Gasteiger partial charge in [-0.25, -0.2) is 0 Å². The number of carbonyl (C=O) groups excluding carboxylic acids is 1. The van der Waals surface area contributed by atoms with Gasteiger partial charge in [0, 0.05) is 11.4 Å². The van der Waals surface area contributed by atoms with E-state index in [4.69, 9.17) is 16.3 Å². The monoisotopic (exact) mass is 211 g/mol. The summed E-state index contributed by atoms with van der Waals surface area (Å²) in [4.78, 5) is 9.89. The zero-order valence-corrected chi connectivity index (χ0v) is 8.59. The first-order valence-corrected chi connectivity index (χ1v) is 4.94. The van der Waals surface area contributed by atoms with Crippen LogP contribution in [0.25, 0.3) is 0 Å². The highest BCUT2D eigenvalue weighted by Crippen LogP contribution is 2.15. The van der Waals surface area contributed by atoms with Crippen LogP contribution in [0.15, 0.2) is 24.3 Å². The van der Waals surface area contributed by atoms with Crippen LogP contribution in [-0.4, -0.2) is 12.9 Å². The van der Waals surface area contributed by atoms with Crippen molar-refractivity contribution in [1.82, 2.24) is 0 Å². The van der Waals surface area contributed by atoms with Gasteiger partial charge in [0.05, 0.1) is 6.61 Å². The summed E-state index contributed by atoms with van der Waals surface area (Å²) in [6.07, 6.45) is 4.04. The molecule has 0 aliphatic heterocycles. The second-order valence-electron chi connectivity index (χ2n) is 2.90. The summed E-state index contributed by atoms with van der Waals surface area (Å²) in [5.41, 5.74) is 0. The zero-order valence-electron chi connectivity index (χ0n) is 7.83. The third-order valence-corrected chi connectivity index (χ3v) is 2.01. The first kappa shape index (κ1) is 11.1. The van der Waals surface area contributed by atoms with E-state index in [9.17, 15) is 4.79 Å². The lowest BCUT2D eigenvalue weighted by Gasteiger charge is -2.04. The van der Waals surface area contributed by atoms with Crippen LogP contribution in [-0.2, 0) is 4.79 Å². The van der Waals surface area contributed by atoms with Gasteiger partial charge in [0.25, 0.3) is 0 Å². The Morgan fingerprint density at radius 2 is 1.93 bits per heavy atom. The minimum absolute atomic E-state index is 0.490. The van der Waals surface area contributed by atoms with E-state index in [0.717, 1.165) is 18.6 Å². The highest BCUT2D eigenvalue weighted by atomic mass is 35.5. The third kappa shape index (κ3) is 4.28. The molecule has 0 aliphatic rings. The molecule has 75 valence electrons. The fourth-order valence-corrected chi connectivity index (χ4v) is 1.15. The van der Waals surface area contributed by atoms with Crippen molar-refractivity contribution in [1.29, 1.82) is 0 Å². The van der Waals surface area contributed by atoms with Gasteiger partial charge in [0.15, 0.2) is 6.29 Å². The Bertz CT molecular complexity index is 269. The van der Waals surface area contributed by atoms with E-state index in [2.05, 4.69) is 0 Å². The van der Waals surface area contributed by atoms with Crippen LogP contribution in [0.5, 0.6) is 5.75 Å². The summed E-state index contributed by atoms with van der Waals surface area (Å²) in [6.45, 7) is 0.628. The molecule has 1 radical (unpaired) electrons.